The van der Waals surface area contributed by atoms with Crippen molar-refractivity contribution in [3.63, 3.8) is 0 Å². The molecule has 0 N–H and O–H groups in total. The van der Waals surface area contributed by atoms with Crippen LogP contribution in [0.25, 0.3) is 0 Å². The molecule has 0 amide bonds. The fraction of sp³-hybridized carbons (Fsp3) is 0.250. The van der Waals surface area contributed by atoms with Crippen LogP contribution >= 0.6 is 15.9 Å². The van der Waals surface area contributed by atoms with Crippen LogP contribution in [0.5, 0.6) is 0 Å². The monoisotopic (exact) mass is 319 g/mol. The Morgan fingerprint density at radius 2 is 1.82 bits per heavy atom. The quantitative estimate of drug-likeness (QED) is 0.463. The lowest BCUT2D eigenvalue weighted by molar-refractivity contribution is -0.389. The van der Waals surface area contributed by atoms with Gasteiger partial charge in [0.25, 0.3) is 12.1 Å². The van der Waals surface area contributed by atoms with Crippen LogP contribution in [0, 0.1) is 10.1 Å². The highest BCUT2D eigenvalue weighted by Gasteiger charge is 2.41. The van der Waals surface area contributed by atoms with E-state index < -0.39 is 34.3 Å². The van der Waals surface area contributed by atoms with Crippen LogP contribution in [0.2, 0.25) is 0 Å². The van der Waals surface area contributed by atoms with Crippen LogP contribution in [0.4, 0.5) is 27.6 Å². The van der Waals surface area contributed by atoms with Crippen LogP contribution in [0.15, 0.2) is 16.6 Å². The van der Waals surface area contributed by atoms with Crippen molar-refractivity contribution in [2.75, 3.05) is 0 Å². The minimum absolute atomic E-state index is 0.300. The first-order valence-electron chi connectivity index (χ1n) is 3.97. The van der Waals surface area contributed by atoms with Crippen LogP contribution in [0.1, 0.15) is 17.6 Å². The normalized spacial score (nSPS) is 11.9. The predicted octanol–water partition coefficient (Wildman–Crippen LogP) is 4.31. The van der Waals surface area contributed by atoms with Gasteiger partial charge in [0.1, 0.15) is 5.56 Å². The number of rotatable bonds is 2. The van der Waals surface area contributed by atoms with E-state index in [0.29, 0.717) is 12.1 Å². The van der Waals surface area contributed by atoms with E-state index >= 15 is 0 Å². The molecule has 1 aromatic carbocycles. The zero-order chi connectivity index (χ0) is 13.4. The lowest BCUT2D eigenvalue weighted by Crippen LogP contribution is -2.11. The van der Waals surface area contributed by atoms with Gasteiger partial charge in [-0.1, -0.05) is 15.9 Å². The Kier molecular flexibility index (Phi) is 3.70. The van der Waals surface area contributed by atoms with E-state index in [9.17, 15) is 32.1 Å². The molecule has 0 saturated carbocycles. The number of nitro groups is 1. The number of alkyl halides is 5. The van der Waals surface area contributed by atoms with Crippen molar-refractivity contribution in [1.82, 2.24) is 0 Å². The second-order valence-electron chi connectivity index (χ2n) is 2.95. The van der Waals surface area contributed by atoms with Gasteiger partial charge in [0.15, 0.2) is 0 Å². The Hall–Kier alpha value is -1.25. The van der Waals surface area contributed by atoms with Crippen LogP contribution in [-0.4, -0.2) is 4.92 Å². The van der Waals surface area contributed by atoms with E-state index in [-0.39, 0.29) is 4.47 Å². The molecule has 94 valence electrons. The van der Waals surface area contributed by atoms with Crippen molar-refractivity contribution in [2.24, 2.45) is 0 Å². The molecular weight excluding hydrogens is 317 g/mol. The zero-order valence-electron chi connectivity index (χ0n) is 7.76. The highest BCUT2D eigenvalue weighted by Crippen LogP contribution is 2.42. The van der Waals surface area contributed by atoms with Crippen molar-refractivity contribution in [1.29, 1.82) is 0 Å². The molecule has 1 aromatic rings. The third-order valence-corrected chi connectivity index (χ3v) is 2.29. The van der Waals surface area contributed by atoms with Gasteiger partial charge in [-0.05, 0) is 12.1 Å². The number of halogens is 6. The summed E-state index contributed by atoms with van der Waals surface area (Å²) < 4.78 is 62.0. The maximum atomic E-state index is 12.5. The summed E-state index contributed by atoms with van der Waals surface area (Å²) in [6.45, 7) is 0. The Labute approximate surface area is 99.5 Å². The van der Waals surface area contributed by atoms with E-state index in [1.807, 2.05) is 0 Å². The predicted molar refractivity (Wildman–Crippen MR) is 50.8 cm³/mol. The van der Waals surface area contributed by atoms with Crippen LogP contribution in [0.3, 0.4) is 0 Å². The Morgan fingerprint density at radius 3 is 2.18 bits per heavy atom. The molecule has 0 radical (unpaired) electrons. The number of nitrogens with zero attached hydrogens (tertiary/aromatic N) is 1. The highest BCUT2D eigenvalue weighted by atomic mass is 79.9. The van der Waals surface area contributed by atoms with Crippen LogP contribution < -0.4 is 0 Å². The first-order valence-corrected chi connectivity index (χ1v) is 4.77. The molecule has 0 bridgehead atoms. The van der Waals surface area contributed by atoms with Gasteiger partial charge < -0.3 is 0 Å². The van der Waals surface area contributed by atoms with Crippen LogP contribution in [-0.2, 0) is 6.18 Å². The summed E-state index contributed by atoms with van der Waals surface area (Å²) >= 11 is 2.60. The average Bonchev–Trinajstić information content (AvgIpc) is 2.14. The van der Waals surface area contributed by atoms with E-state index in [0.717, 1.165) is 0 Å². The molecule has 0 aliphatic carbocycles. The van der Waals surface area contributed by atoms with Gasteiger partial charge in [0, 0.05) is 4.47 Å². The fourth-order valence-electron chi connectivity index (χ4n) is 1.21. The fourth-order valence-corrected chi connectivity index (χ4v) is 1.68. The smallest absolute Gasteiger partial charge is 0.258 e. The second kappa shape index (κ2) is 4.55. The first kappa shape index (κ1) is 13.8. The lowest BCUT2D eigenvalue weighted by Gasteiger charge is -2.11. The topological polar surface area (TPSA) is 43.1 Å². The molecule has 17 heavy (non-hydrogen) atoms. The number of hydrogen-bond donors (Lipinski definition) is 0. The largest absolute Gasteiger partial charge is 0.423 e. The molecule has 0 fully saturated rings. The number of benzene rings is 1. The van der Waals surface area contributed by atoms with Gasteiger partial charge in [0.2, 0.25) is 0 Å². The van der Waals surface area contributed by atoms with Crippen molar-refractivity contribution in [3.8, 4) is 0 Å². The molecule has 0 unspecified atom stereocenters. The summed E-state index contributed by atoms with van der Waals surface area (Å²) in [4.78, 5) is 9.00. The molecule has 9 heteroatoms. The summed E-state index contributed by atoms with van der Waals surface area (Å²) in [7, 11) is 0. The Morgan fingerprint density at radius 1 is 1.29 bits per heavy atom. The van der Waals surface area contributed by atoms with E-state index in [1.54, 1.807) is 0 Å². The molecular formula is C8H3BrF5NO2. The summed E-state index contributed by atoms with van der Waals surface area (Å²) in [5.41, 5.74) is -4.58. The van der Waals surface area contributed by atoms with Crippen molar-refractivity contribution in [3.05, 3.63) is 37.8 Å². The highest BCUT2D eigenvalue weighted by molar-refractivity contribution is 9.10. The minimum Gasteiger partial charge on any atom is -0.258 e. The molecule has 0 saturated heterocycles. The molecule has 3 nitrogen and oxygen atoms in total. The number of hydrogen-bond acceptors (Lipinski definition) is 2. The Bertz CT molecular complexity index is 460. The zero-order valence-corrected chi connectivity index (χ0v) is 9.35. The third kappa shape index (κ3) is 2.90. The molecule has 0 atom stereocenters. The molecule has 0 aromatic heterocycles. The summed E-state index contributed by atoms with van der Waals surface area (Å²) in [5.74, 6) is 0. The van der Waals surface area contributed by atoms with Gasteiger partial charge in [-0.25, -0.2) is 8.78 Å². The van der Waals surface area contributed by atoms with Gasteiger partial charge in [-0.15, -0.1) is 0 Å². The summed E-state index contributed by atoms with van der Waals surface area (Å²) in [6, 6.07) is 0.988. The Balaban J connectivity index is 3.64. The molecule has 0 heterocycles. The first-order chi connectivity index (χ1) is 7.64. The molecule has 1 rings (SSSR count). The van der Waals surface area contributed by atoms with Crippen molar-refractivity contribution < 1.29 is 26.9 Å². The average molecular weight is 320 g/mol. The lowest BCUT2D eigenvalue weighted by atomic mass is 10.1. The van der Waals surface area contributed by atoms with Gasteiger partial charge in [-0.2, -0.15) is 13.2 Å². The second-order valence-corrected chi connectivity index (χ2v) is 3.86. The van der Waals surface area contributed by atoms with E-state index in [4.69, 9.17) is 0 Å². The molecule has 0 aliphatic rings. The summed E-state index contributed by atoms with van der Waals surface area (Å²) in [5, 5.41) is 10.5. The SMILES string of the molecule is O=[N+]([O-])c1c(C(F)F)cc(Br)cc1C(F)(F)F. The summed E-state index contributed by atoms with van der Waals surface area (Å²) in [6.07, 6.45) is -8.44. The maximum Gasteiger partial charge on any atom is 0.423 e. The maximum absolute atomic E-state index is 12.5. The van der Waals surface area contributed by atoms with Gasteiger partial charge in [-0.3, -0.25) is 10.1 Å². The molecule has 0 spiro atoms. The van der Waals surface area contributed by atoms with Crippen molar-refractivity contribution in [2.45, 2.75) is 12.6 Å². The van der Waals surface area contributed by atoms with Gasteiger partial charge in [0.05, 0.1) is 10.5 Å². The third-order valence-electron chi connectivity index (χ3n) is 1.83. The standard InChI is InChI=1S/C8H3BrF5NO2/c9-3-1-4(7(10)11)6(15(16)17)5(2-3)8(12,13)14/h1-2,7H. The number of nitro benzene ring substituents is 1. The van der Waals surface area contributed by atoms with E-state index in [2.05, 4.69) is 15.9 Å². The van der Waals surface area contributed by atoms with Crippen molar-refractivity contribution >= 4 is 21.6 Å². The minimum atomic E-state index is -5.07. The molecule has 0 aliphatic heterocycles. The van der Waals surface area contributed by atoms with Gasteiger partial charge >= 0.3 is 6.18 Å². The van der Waals surface area contributed by atoms with E-state index in [1.165, 1.54) is 0 Å².